The van der Waals surface area contributed by atoms with Crippen LogP contribution in [0, 0.1) is 11.3 Å². The number of benzene rings is 2. The van der Waals surface area contributed by atoms with Crippen molar-refractivity contribution in [3.63, 3.8) is 0 Å². The molecule has 33 heavy (non-hydrogen) atoms. The van der Waals surface area contributed by atoms with Gasteiger partial charge in [0.05, 0.1) is 17.2 Å². The standard InChI is InChI=1S/C21H16F3N3O2.CHO2.Y/c1-12-18(13(2)28)19(15-8-6-14(11-25)7-9-15)26-20(29)27(12)17-5-3-4-16(10-17)21(22,23)24;2-1-3;/h3-10,19H,1-2H3,(H,26,29);(H,2,3);/q;-1;/p-1. The SMILES string of the molecule is CC(=O)C1=C(C)N(c2cccc(C(F)(F)F)c2)C(=O)[N-]C1c1ccc(C#N)cc1.O=[C-]O.[Y]. The Hall–Kier alpha value is -3.03. The number of Topliss-reactive ketones (excluding diaryl/α,β-unsaturated/α-hetero) is 1. The molecule has 2 amide bonds. The number of hydrogen-bond donors (Lipinski definition) is 1. The Morgan fingerprint density at radius 2 is 1.79 bits per heavy atom. The summed E-state index contributed by atoms with van der Waals surface area (Å²) in [5.41, 5.74) is 0.423. The molecule has 0 spiro atoms. The minimum Gasteiger partial charge on any atom is -0.665 e. The maximum Gasteiger partial charge on any atom is 0.416 e. The Bertz CT molecular complexity index is 1110. The van der Waals surface area contributed by atoms with Crippen LogP contribution in [0.3, 0.4) is 0 Å². The molecule has 7 nitrogen and oxygen atoms in total. The molecule has 1 atom stereocenters. The Morgan fingerprint density at radius 3 is 2.27 bits per heavy atom. The summed E-state index contributed by atoms with van der Waals surface area (Å²) >= 11 is 0. The van der Waals surface area contributed by atoms with Gasteiger partial charge in [-0.25, -0.2) is 0 Å². The largest absolute Gasteiger partial charge is 0.665 e. The molecule has 0 saturated heterocycles. The zero-order valence-electron chi connectivity index (χ0n) is 17.4. The van der Waals surface area contributed by atoms with Gasteiger partial charge < -0.3 is 20.1 Å². The van der Waals surface area contributed by atoms with Crippen molar-refractivity contribution in [2.75, 3.05) is 4.90 Å². The smallest absolute Gasteiger partial charge is 0.416 e. The van der Waals surface area contributed by atoms with Crippen LogP contribution in [0.25, 0.3) is 5.32 Å². The number of carbonyl (C=O) groups excluding carboxylic acids is 2. The third kappa shape index (κ3) is 6.49. The summed E-state index contributed by atoms with van der Waals surface area (Å²) in [7, 11) is 0. The van der Waals surface area contributed by atoms with E-state index >= 15 is 0 Å². The normalized spacial score (nSPS) is 15.3. The van der Waals surface area contributed by atoms with Crippen LogP contribution in [0.1, 0.15) is 36.6 Å². The first-order valence-corrected chi connectivity index (χ1v) is 9.00. The summed E-state index contributed by atoms with van der Waals surface area (Å²) in [5, 5.41) is 19.7. The number of carbonyl (C=O) groups is 2. The maximum atomic E-state index is 13.1. The molecular weight excluding hydrogens is 516 g/mol. The molecule has 1 heterocycles. The second-order valence-corrected chi connectivity index (χ2v) is 6.58. The molecule has 3 rings (SSSR count). The number of amides is 2. The third-order valence-corrected chi connectivity index (χ3v) is 4.60. The van der Waals surface area contributed by atoms with Crippen molar-refractivity contribution in [3.8, 4) is 6.07 Å². The summed E-state index contributed by atoms with van der Waals surface area (Å²) < 4.78 is 39.2. The van der Waals surface area contributed by atoms with E-state index in [2.05, 4.69) is 5.32 Å². The van der Waals surface area contributed by atoms with Gasteiger partial charge in [0.2, 0.25) is 0 Å². The van der Waals surface area contributed by atoms with Gasteiger partial charge in [-0.15, -0.1) is 0 Å². The Morgan fingerprint density at radius 1 is 1.21 bits per heavy atom. The van der Waals surface area contributed by atoms with Crippen LogP contribution in [0.4, 0.5) is 23.7 Å². The van der Waals surface area contributed by atoms with Gasteiger partial charge in [-0.3, -0.25) is 9.59 Å². The first kappa shape index (κ1) is 28.0. The van der Waals surface area contributed by atoms with Crippen LogP contribution in [0.5, 0.6) is 0 Å². The molecule has 2 aromatic carbocycles. The number of nitrogens with zero attached hydrogens (tertiary/aromatic N) is 3. The summed E-state index contributed by atoms with van der Waals surface area (Å²) in [6.45, 7) is 3.31. The number of aliphatic hydroxyl groups excluding tert-OH is 1. The molecule has 1 aliphatic heterocycles. The topological polar surface area (TPSA) is 113 Å². The Balaban J connectivity index is 0.00000129. The monoisotopic (exact) mass is 532 g/mol. The van der Waals surface area contributed by atoms with Crippen molar-refractivity contribution in [1.82, 2.24) is 0 Å². The molecule has 0 bridgehead atoms. The van der Waals surface area contributed by atoms with Gasteiger partial charge in [-0.05, 0) is 43.3 Å². The van der Waals surface area contributed by atoms with E-state index in [9.17, 15) is 22.8 Å². The molecule has 0 aromatic heterocycles. The van der Waals surface area contributed by atoms with Crippen LogP contribution in [0.2, 0.25) is 0 Å². The zero-order chi connectivity index (χ0) is 24.1. The van der Waals surface area contributed by atoms with E-state index < -0.39 is 23.8 Å². The van der Waals surface area contributed by atoms with Gasteiger partial charge in [-0.2, -0.15) is 18.4 Å². The zero-order valence-corrected chi connectivity index (χ0v) is 20.3. The molecule has 0 aliphatic carbocycles. The maximum absolute atomic E-state index is 13.1. The minimum atomic E-state index is -4.57. The van der Waals surface area contributed by atoms with Gasteiger partial charge in [0.15, 0.2) is 11.8 Å². The van der Waals surface area contributed by atoms with Crippen LogP contribution >= 0.6 is 0 Å². The number of ketones is 1. The number of urea groups is 1. The number of alkyl halides is 3. The van der Waals surface area contributed by atoms with Crippen molar-refractivity contribution < 1.29 is 65.4 Å². The quantitative estimate of drug-likeness (QED) is 0.553. The van der Waals surface area contributed by atoms with Crippen molar-refractivity contribution in [3.05, 3.63) is 81.8 Å². The Kier molecular flexibility index (Phi) is 9.95. The van der Waals surface area contributed by atoms with E-state index in [4.69, 9.17) is 15.2 Å². The average Bonchev–Trinajstić information content (AvgIpc) is 2.73. The second kappa shape index (κ2) is 11.7. The fourth-order valence-corrected chi connectivity index (χ4v) is 3.25. The molecule has 0 fully saturated rings. The number of anilines is 1. The van der Waals surface area contributed by atoms with Crippen LogP contribution in [-0.4, -0.2) is 23.4 Å². The van der Waals surface area contributed by atoms with E-state index in [1.165, 1.54) is 26.0 Å². The van der Waals surface area contributed by atoms with Gasteiger partial charge in [0.25, 0.3) is 0 Å². The van der Waals surface area contributed by atoms with Gasteiger partial charge in [0, 0.05) is 44.3 Å². The summed E-state index contributed by atoms with van der Waals surface area (Å²) in [4.78, 5) is 34.3. The molecule has 169 valence electrons. The molecule has 2 aromatic rings. The van der Waals surface area contributed by atoms with Gasteiger partial charge in [-0.1, -0.05) is 42.5 Å². The van der Waals surface area contributed by atoms with Gasteiger partial charge in [0.1, 0.15) is 0 Å². The van der Waals surface area contributed by atoms with Crippen molar-refractivity contribution in [1.29, 1.82) is 5.26 Å². The first-order valence-electron chi connectivity index (χ1n) is 9.00. The van der Waals surface area contributed by atoms with E-state index in [0.717, 1.165) is 17.0 Å². The molecule has 1 aliphatic rings. The van der Waals surface area contributed by atoms with Crippen molar-refractivity contribution in [2.45, 2.75) is 26.1 Å². The van der Waals surface area contributed by atoms with E-state index in [0.29, 0.717) is 17.6 Å². The second-order valence-electron chi connectivity index (χ2n) is 6.58. The molecule has 1 N–H and O–H groups in total. The van der Waals surface area contributed by atoms with Crippen LogP contribution in [0.15, 0.2) is 59.8 Å². The Labute approximate surface area is 212 Å². The molecule has 11 heteroatoms. The third-order valence-electron chi connectivity index (χ3n) is 4.60. The van der Waals surface area contributed by atoms with E-state index in [1.54, 1.807) is 24.3 Å². The van der Waals surface area contributed by atoms with Gasteiger partial charge >= 0.3 is 6.18 Å². The van der Waals surface area contributed by atoms with Crippen molar-refractivity contribution >= 4 is 24.0 Å². The predicted octanol–water partition coefficient (Wildman–Crippen LogP) is 5.10. The number of nitriles is 1. The number of hydrogen-bond acceptors (Lipinski definition) is 4. The number of halogens is 3. The summed E-state index contributed by atoms with van der Waals surface area (Å²) in [6, 6.07) is 10.9. The molecular formula is C22H16F3N3O4Y-2. The summed E-state index contributed by atoms with van der Waals surface area (Å²) in [5.74, 6) is -0.356. The number of allylic oxidation sites excluding steroid dienone is 1. The van der Waals surface area contributed by atoms with Crippen molar-refractivity contribution in [2.24, 2.45) is 0 Å². The predicted molar refractivity (Wildman–Crippen MR) is 108 cm³/mol. The molecule has 0 saturated carbocycles. The molecule has 1 unspecified atom stereocenters. The molecule has 1 radical (unpaired) electrons. The average molecular weight is 532 g/mol. The minimum absolute atomic E-state index is 0. The fourth-order valence-electron chi connectivity index (χ4n) is 3.25. The fraction of sp³-hybridized carbons (Fsp3) is 0.182. The van der Waals surface area contributed by atoms with Crippen LogP contribution < -0.4 is 4.90 Å². The summed E-state index contributed by atoms with van der Waals surface area (Å²) in [6.07, 6.45) is -4.57. The number of rotatable bonds is 3. The van der Waals surface area contributed by atoms with E-state index in [1.807, 2.05) is 6.07 Å². The van der Waals surface area contributed by atoms with Crippen LogP contribution in [-0.2, 0) is 48.5 Å². The van der Waals surface area contributed by atoms with E-state index in [-0.39, 0.29) is 55.4 Å². The first-order chi connectivity index (χ1) is 15.0.